The van der Waals surface area contributed by atoms with Crippen molar-refractivity contribution >= 4 is 15.7 Å². The van der Waals surface area contributed by atoms with Gasteiger partial charge in [-0.2, -0.15) is 4.31 Å². The first-order valence-electron chi connectivity index (χ1n) is 8.94. The number of anilines is 1. The van der Waals surface area contributed by atoms with Gasteiger partial charge in [-0.1, -0.05) is 44.2 Å². The maximum atomic E-state index is 13.0. The van der Waals surface area contributed by atoms with Crippen LogP contribution in [0, 0.1) is 5.92 Å². The first-order chi connectivity index (χ1) is 12.3. The molecule has 2 aromatic carbocycles. The molecule has 0 saturated carbocycles. The lowest BCUT2D eigenvalue weighted by Gasteiger charge is -2.25. The van der Waals surface area contributed by atoms with Gasteiger partial charge in [0.15, 0.2) is 0 Å². The van der Waals surface area contributed by atoms with Crippen LogP contribution in [0.4, 0.5) is 5.69 Å². The minimum atomic E-state index is -3.56. The van der Waals surface area contributed by atoms with Crippen LogP contribution in [-0.4, -0.2) is 31.9 Å². The second-order valence-electron chi connectivity index (χ2n) is 7.06. The van der Waals surface area contributed by atoms with E-state index in [9.17, 15) is 8.42 Å². The first kappa shape index (κ1) is 20.4. The third-order valence-corrected chi connectivity index (χ3v) is 6.06. The van der Waals surface area contributed by atoms with E-state index in [-0.39, 0.29) is 16.9 Å². The minimum absolute atomic E-state index is 0.0892. The van der Waals surface area contributed by atoms with Crippen molar-refractivity contribution in [2.45, 2.75) is 37.6 Å². The molecule has 0 aliphatic heterocycles. The average Bonchev–Trinajstić information content (AvgIpc) is 2.59. The van der Waals surface area contributed by atoms with Crippen LogP contribution in [0.25, 0.3) is 0 Å². The molecule has 0 aromatic heterocycles. The molecule has 0 saturated heterocycles. The molecule has 0 spiro atoms. The molecule has 26 heavy (non-hydrogen) atoms. The summed E-state index contributed by atoms with van der Waals surface area (Å²) in [5.41, 5.74) is 13.6. The van der Waals surface area contributed by atoms with Gasteiger partial charge in [0.25, 0.3) is 0 Å². The van der Waals surface area contributed by atoms with Gasteiger partial charge in [-0.25, -0.2) is 8.42 Å². The van der Waals surface area contributed by atoms with Crippen molar-refractivity contribution in [3.05, 3.63) is 60.2 Å². The van der Waals surface area contributed by atoms with Crippen molar-refractivity contribution in [2.24, 2.45) is 11.7 Å². The number of rotatable bonds is 9. The van der Waals surface area contributed by atoms with E-state index in [1.54, 1.807) is 24.3 Å². The van der Waals surface area contributed by atoms with Gasteiger partial charge in [0.1, 0.15) is 0 Å². The van der Waals surface area contributed by atoms with Crippen LogP contribution >= 0.6 is 0 Å². The van der Waals surface area contributed by atoms with E-state index in [0.29, 0.717) is 25.2 Å². The smallest absolute Gasteiger partial charge is 0.243 e. The summed E-state index contributed by atoms with van der Waals surface area (Å²) < 4.78 is 27.5. The van der Waals surface area contributed by atoms with E-state index in [1.165, 1.54) is 4.31 Å². The van der Waals surface area contributed by atoms with Gasteiger partial charge in [-0.15, -0.1) is 0 Å². The molecule has 0 bridgehead atoms. The fraction of sp³-hybridized carbons (Fsp3) is 0.400. The van der Waals surface area contributed by atoms with Crippen LogP contribution in [0.5, 0.6) is 0 Å². The molecule has 0 amide bonds. The van der Waals surface area contributed by atoms with Crippen molar-refractivity contribution in [3.63, 3.8) is 0 Å². The first-order valence-corrected chi connectivity index (χ1v) is 10.4. The molecular weight excluding hydrogens is 346 g/mol. The van der Waals surface area contributed by atoms with Crippen LogP contribution in [0.15, 0.2) is 59.5 Å². The molecule has 0 radical (unpaired) electrons. The van der Waals surface area contributed by atoms with Crippen LogP contribution in [0.2, 0.25) is 0 Å². The predicted octanol–water partition coefficient (Wildman–Crippen LogP) is 2.88. The molecule has 0 fully saturated rings. The summed E-state index contributed by atoms with van der Waals surface area (Å²) in [5, 5.41) is 0. The topological polar surface area (TPSA) is 89.4 Å². The summed E-state index contributed by atoms with van der Waals surface area (Å²) in [4.78, 5) is 0.268. The fourth-order valence-electron chi connectivity index (χ4n) is 2.83. The molecule has 2 rings (SSSR count). The Bertz CT molecular complexity index is 774. The van der Waals surface area contributed by atoms with E-state index in [1.807, 2.05) is 44.2 Å². The Balaban J connectivity index is 2.07. The summed E-state index contributed by atoms with van der Waals surface area (Å²) in [7, 11) is -3.56. The van der Waals surface area contributed by atoms with Gasteiger partial charge in [0.05, 0.1) is 4.90 Å². The maximum absolute atomic E-state index is 13.0. The molecule has 4 N–H and O–H groups in total. The SMILES string of the molecule is CC(C)CN(CCC(N)Cc1ccccc1)S(=O)(=O)c1ccc(N)cc1. The molecule has 6 heteroatoms. The Hall–Kier alpha value is -1.89. The summed E-state index contributed by atoms with van der Waals surface area (Å²) in [5.74, 6) is 0.226. The molecule has 142 valence electrons. The molecule has 5 nitrogen and oxygen atoms in total. The molecule has 0 aliphatic carbocycles. The maximum Gasteiger partial charge on any atom is 0.243 e. The van der Waals surface area contributed by atoms with E-state index in [2.05, 4.69) is 0 Å². The fourth-order valence-corrected chi connectivity index (χ4v) is 4.45. The van der Waals surface area contributed by atoms with Crippen LogP contribution in [-0.2, 0) is 16.4 Å². The lowest BCUT2D eigenvalue weighted by molar-refractivity contribution is 0.351. The molecular formula is C20H29N3O2S. The van der Waals surface area contributed by atoms with Gasteiger partial charge >= 0.3 is 0 Å². The third kappa shape index (κ3) is 5.83. The van der Waals surface area contributed by atoms with Crippen molar-refractivity contribution in [2.75, 3.05) is 18.8 Å². The Kier molecular flexibility index (Phi) is 7.20. The highest BCUT2D eigenvalue weighted by Crippen LogP contribution is 2.19. The Morgan fingerprint density at radius 2 is 1.62 bits per heavy atom. The highest BCUT2D eigenvalue weighted by molar-refractivity contribution is 7.89. The molecule has 1 unspecified atom stereocenters. The van der Waals surface area contributed by atoms with Gasteiger partial charge in [0.2, 0.25) is 10.0 Å². The van der Waals surface area contributed by atoms with Gasteiger partial charge < -0.3 is 11.5 Å². The van der Waals surface area contributed by atoms with Gasteiger partial charge in [-0.3, -0.25) is 0 Å². The van der Waals surface area contributed by atoms with Crippen molar-refractivity contribution in [1.82, 2.24) is 4.31 Å². The average molecular weight is 376 g/mol. The number of hydrogen-bond acceptors (Lipinski definition) is 4. The predicted molar refractivity (Wildman–Crippen MR) is 107 cm³/mol. The zero-order valence-corrected chi connectivity index (χ0v) is 16.3. The Morgan fingerprint density at radius 1 is 1.00 bits per heavy atom. The Labute approximate surface area is 157 Å². The van der Waals surface area contributed by atoms with Gasteiger partial charge in [0, 0.05) is 24.8 Å². The summed E-state index contributed by atoms with van der Waals surface area (Å²) in [6.45, 7) is 4.88. The molecule has 1 atom stereocenters. The molecule has 0 heterocycles. The largest absolute Gasteiger partial charge is 0.399 e. The Morgan fingerprint density at radius 3 is 2.19 bits per heavy atom. The van der Waals surface area contributed by atoms with E-state index in [4.69, 9.17) is 11.5 Å². The second-order valence-corrected chi connectivity index (χ2v) is 9.00. The van der Waals surface area contributed by atoms with E-state index >= 15 is 0 Å². The second kappa shape index (κ2) is 9.16. The van der Waals surface area contributed by atoms with E-state index in [0.717, 1.165) is 12.0 Å². The third-order valence-electron chi connectivity index (χ3n) is 4.18. The lowest BCUT2D eigenvalue weighted by Crippen LogP contribution is -2.38. The van der Waals surface area contributed by atoms with E-state index < -0.39 is 10.0 Å². The number of nitrogen functional groups attached to an aromatic ring is 1. The highest BCUT2D eigenvalue weighted by atomic mass is 32.2. The monoisotopic (exact) mass is 375 g/mol. The summed E-state index contributed by atoms with van der Waals surface area (Å²) in [6.07, 6.45) is 1.34. The standard InChI is InChI=1S/C20H29N3O2S/c1-16(2)15-23(26(24,25)20-10-8-18(21)9-11-20)13-12-19(22)14-17-6-4-3-5-7-17/h3-11,16,19H,12-15,21-22H2,1-2H3. The molecule has 0 aliphatic rings. The van der Waals surface area contributed by atoms with Crippen LogP contribution in [0.3, 0.4) is 0 Å². The van der Waals surface area contributed by atoms with Gasteiger partial charge in [-0.05, 0) is 48.6 Å². The van der Waals surface area contributed by atoms with Crippen LogP contribution < -0.4 is 11.5 Å². The lowest BCUT2D eigenvalue weighted by atomic mass is 10.0. The number of nitrogens with two attached hydrogens (primary N) is 2. The summed E-state index contributed by atoms with van der Waals surface area (Å²) >= 11 is 0. The van der Waals surface area contributed by atoms with Crippen molar-refractivity contribution in [3.8, 4) is 0 Å². The zero-order valence-electron chi connectivity index (χ0n) is 15.5. The number of nitrogens with zero attached hydrogens (tertiary/aromatic N) is 1. The zero-order chi connectivity index (χ0) is 19.2. The minimum Gasteiger partial charge on any atom is -0.399 e. The van der Waals surface area contributed by atoms with Crippen LogP contribution in [0.1, 0.15) is 25.8 Å². The quantitative estimate of drug-likeness (QED) is 0.660. The van der Waals surface area contributed by atoms with Crippen molar-refractivity contribution < 1.29 is 8.42 Å². The van der Waals surface area contributed by atoms with Crippen molar-refractivity contribution in [1.29, 1.82) is 0 Å². The normalized spacial score (nSPS) is 13.3. The highest BCUT2D eigenvalue weighted by Gasteiger charge is 2.25. The number of hydrogen-bond donors (Lipinski definition) is 2. The number of sulfonamides is 1. The number of benzene rings is 2. The molecule has 2 aromatic rings. The summed E-state index contributed by atoms with van der Waals surface area (Å²) in [6, 6.07) is 16.3.